The van der Waals surface area contributed by atoms with Crippen LogP contribution in [0.3, 0.4) is 0 Å². The van der Waals surface area contributed by atoms with Crippen molar-refractivity contribution in [3.05, 3.63) is 70.5 Å². The molecule has 0 radical (unpaired) electrons. The number of amides is 2. The van der Waals surface area contributed by atoms with Gasteiger partial charge >= 0.3 is 0 Å². The van der Waals surface area contributed by atoms with E-state index in [1.165, 1.54) is 17.0 Å². The topological polar surface area (TPSA) is 58.6 Å². The van der Waals surface area contributed by atoms with Crippen LogP contribution in [0.15, 0.2) is 48.5 Å². The van der Waals surface area contributed by atoms with Gasteiger partial charge in [0.1, 0.15) is 12.4 Å². The molecule has 7 heteroatoms. The fourth-order valence-corrected chi connectivity index (χ4v) is 3.41. The molecule has 0 spiro atoms. The van der Waals surface area contributed by atoms with Crippen molar-refractivity contribution in [1.82, 2.24) is 10.2 Å². The van der Waals surface area contributed by atoms with E-state index in [9.17, 15) is 14.0 Å². The molecule has 1 N–H and O–H groups in total. The summed E-state index contributed by atoms with van der Waals surface area (Å²) in [5.74, 6) is -0.732. The maximum atomic E-state index is 13.2. The van der Waals surface area contributed by atoms with Gasteiger partial charge in [-0.1, -0.05) is 35.9 Å². The van der Waals surface area contributed by atoms with Crippen molar-refractivity contribution in [2.24, 2.45) is 0 Å². The zero-order chi connectivity index (χ0) is 20.1. The van der Waals surface area contributed by atoms with Crippen LogP contribution in [-0.2, 0) is 20.7 Å². The molecule has 1 aliphatic heterocycles. The van der Waals surface area contributed by atoms with Crippen LogP contribution in [0.1, 0.15) is 23.6 Å². The van der Waals surface area contributed by atoms with Crippen molar-refractivity contribution in [2.75, 3.05) is 20.2 Å². The van der Waals surface area contributed by atoms with Gasteiger partial charge < -0.3 is 15.0 Å². The standard InChI is InChI=1S/C21H22ClFN2O3/c1-25-18(26)13-28-20(19(25)15-7-9-16(22)10-8-15)21(27)24-11-3-5-14-4-2-6-17(23)12-14/h2,4,6-10,12,19-20H,3,5,11,13H2,1H3,(H,24,27). The van der Waals surface area contributed by atoms with E-state index < -0.39 is 12.1 Å². The highest BCUT2D eigenvalue weighted by Crippen LogP contribution is 2.30. The van der Waals surface area contributed by atoms with Crippen molar-refractivity contribution in [3.8, 4) is 0 Å². The maximum Gasteiger partial charge on any atom is 0.251 e. The molecule has 2 amide bonds. The first-order valence-corrected chi connectivity index (χ1v) is 9.48. The van der Waals surface area contributed by atoms with Crippen LogP contribution in [-0.4, -0.2) is 43.0 Å². The van der Waals surface area contributed by atoms with Crippen LogP contribution in [0.5, 0.6) is 0 Å². The van der Waals surface area contributed by atoms with Crippen molar-refractivity contribution in [3.63, 3.8) is 0 Å². The summed E-state index contributed by atoms with van der Waals surface area (Å²) in [6.45, 7) is 0.294. The van der Waals surface area contributed by atoms with E-state index in [2.05, 4.69) is 5.32 Å². The minimum Gasteiger partial charge on any atom is -0.356 e. The van der Waals surface area contributed by atoms with Crippen molar-refractivity contribution < 1.29 is 18.7 Å². The molecule has 0 aromatic heterocycles. The smallest absolute Gasteiger partial charge is 0.251 e. The summed E-state index contributed by atoms with van der Waals surface area (Å²) < 4.78 is 18.8. The lowest BCUT2D eigenvalue weighted by atomic mass is 9.97. The molecule has 148 valence electrons. The van der Waals surface area contributed by atoms with Gasteiger partial charge in [-0.05, 0) is 48.2 Å². The first kappa shape index (κ1) is 20.3. The molecular weight excluding hydrogens is 383 g/mol. The van der Waals surface area contributed by atoms with Gasteiger partial charge in [-0.3, -0.25) is 9.59 Å². The van der Waals surface area contributed by atoms with Gasteiger partial charge in [-0.15, -0.1) is 0 Å². The van der Waals surface area contributed by atoms with Crippen molar-refractivity contribution >= 4 is 23.4 Å². The van der Waals surface area contributed by atoms with E-state index in [0.717, 1.165) is 11.1 Å². The second-order valence-corrected chi connectivity index (χ2v) is 7.19. The first-order chi connectivity index (χ1) is 13.5. The van der Waals surface area contributed by atoms with Crippen LogP contribution in [0.25, 0.3) is 0 Å². The van der Waals surface area contributed by atoms with E-state index in [1.54, 1.807) is 37.4 Å². The number of morpholine rings is 1. The van der Waals surface area contributed by atoms with Gasteiger partial charge in [0.05, 0.1) is 6.04 Å². The van der Waals surface area contributed by atoms with E-state index in [4.69, 9.17) is 16.3 Å². The number of hydrogen-bond donors (Lipinski definition) is 1. The SMILES string of the molecule is CN1C(=O)COC(C(=O)NCCCc2cccc(F)c2)C1c1ccc(Cl)cc1. The fourth-order valence-electron chi connectivity index (χ4n) is 3.29. The van der Waals surface area contributed by atoms with Gasteiger partial charge in [0, 0.05) is 18.6 Å². The number of hydrogen-bond acceptors (Lipinski definition) is 3. The number of nitrogens with one attached hydrogen (secondary N) is 1. The number of aryl methyl sites for hydroxylation is 1. The summed E-state index contributed by atoms with van der Waals surface area (Å²) in [5.41, 5.74) is 1.66. The highest BCUT2D eigenvalue weighted by atomic mass is 35.5. The van der Waals surface area contributed by atoms with Gasteiger partial charge in [-0.25, -0.2) is 4.39 Å². The molecular formula is C21H22ClFN2O3. The second-order valence-electron chi connectivity index (χ2n) is 6.76. The average molecular weight is 405 g/mol. The number of carbonyl (C=O) groups is 2. The number of likely N-dealkylation sites (N-methyl/N-ethyl adjacent to an activating group) is 1. The van der Waals surface area contributed by atoms with Gasteiger partial charge in [0.15, 0.2) is 6.10 Å². The summed E-state index contributed by atoms with van der Waals surface area (Å²) in [5, 5.41) is 3.44. The lowest BCUT2D eigenvalue weighted by molar-refractivity contribution is -0.162. The molecule has 2 atom stereocenters. The lowest BCUT2D eigenvalue weighted by Crippen LogP contribution is -2.53. The third-order valence-corrected chi connectivity index (χ3v) is 5.04. The Kier molecular flexibility index (Phi) is 6.65. The molecule has 28 heavy (non-hydrogen) atoms. The van der Waals surface area contributed by atoms with E-state index in [-0.39, 0.29) is 24.2 Å². The van der Waals surface area contributed by atoms with Crippen LogP contribution < -0.4 is 5.32 Å². The molecule has 2 aromatic rings. The zero-order valence-electron chi connectivity index (χ0n) is 15.5. The number of nitrogens with zero attached hydrogens (tertiary/aromatic N) is 1. The van der Waals surface area contributed by atoms with E-state index >= 15 is 0 Å². The Balaban J connectivity index is 1.61. The summed E-state index contributed by atoms with van der Waals surface area (Å²) in [6, 6.07) is 12.9. The molecule has 1 heterocycles. The zero-order valence-corrected chi connectivity index (χ0v) is 16.3. The molecule has 0 aliphatic carbocycles. The molecule has 5 nitrogen and oxygen atoms in total. The van der Waals surface area contributed by atoms with Gasteiger partial charge in [0.25, 0.3) is 5.91 Å². The molecule has 2 unspecified atom stereocenters. The largest absolute Gasteiger partial charge is 0.356 e. The summed E-state index contributed by atoms with van der Waals surface area (Å²) >= 11 is 5.94. The Morgan fingerprint density at radius 1 is 1.29 bits per heavy atom. The Bertz CT molecular complexity index is 844. The first-order valence-electron chi connectivity index (χ1n) is 9.10. The third kappa shape index (κ3) is 4.88. The van der Waals surface area contributed by atoms with E-state index in [0.29, 0.717) is 24.4 Å². The van der Waals surface area contributed by atoms with Crippen molar-refractivity contribution in [1.29, 1.82) is 0 Å². The fraction of sp³-hybridized carbons (Fsp3) is 0.333. The lowest BCUT2D eigenvalue weighted by Gasteiger charge is -2.38. The average Bonchev–Trinajstić information content (AvgIpc) is 2.68. The minimum atomic E-state index is -0.807. The molecule has 1 saturated heterocycles. The number of halogens is 2. The highest BCUT2D eigenvalue weighted by molar-refractivity contribution is 6.30. The van der Waals surface area contributed by atoms with Crippen LogP contribution in [0.2, 0.25) is 5.02 Å². The summed E-state index contributed by atoms with van der Waals surface area (Å²) in [6.07, 6.45) is 0.517. The molecule has 0 bridgehead atoms. The Hall–Kier alpha value is -2.44. The number of benzene rings is 2. The number of ether oxygens (including phenoxy) is 1. The predicted molar refractivity (Wildman–Crippen MR) is 104 cm³/mol. The monoisotopic (exact) mass is 404 g/mol. The quantitative estimate of drug-likeness (QED) is 0.752. The third-order valence-electron chi connectivity index (χ3n) is 4.78. The Morgan fingerprint density at radius 3 is 2.75 bits per heavy atom. The maximum absolute atomic E-state index is 13.2. The van der Waals surface area contributed by atoms with Crippen LogP contribution in [0.4, 0.5) is 4.39 Å². The van der Waals surface area contributed by atoms with Crippen molar-refractivity contribution in [2.45, 2.75) is 25.0 Å². The van der Waals surface area contributed by atoms with Gasteiger partial charge in [0.2, 0.25) is 5.91 Å². The molecule has 0 saturated carbocycles. The number of carbonyl (C=O) groups excluding carboxylic acids is 2. The summed E-state index contributed by atoms with van der Waals surface area (Å²) in [4.78, 5) is 26.3. The van der Waals surface area contributed by atoms with Gasteiger partial charge in [-0.2, -0.15) is 0 Å². The molecule has 1 fully saturated rings. The predicted octanol–water partition coefficient (Wildman–Crippen LogP) is 3.13. The van der Waals surface area contributed by atoms with Crippen LogP contribution in [0, 0.1) is 5.82 Å². The number of rotatable bonds is 6. The summed E-state index contributed by atoms with van der Waals surface area (Å²) in [7, 11) is 1.66. The Labute approximate surface area is 168 Å². The minimum absolute atomic E-state index is 0.137. The van der Waals surface area contributed by atoms with E-state index in [1.807, 2.05) is 6.07 Å². The molecule has 3 rings (SSSR count). The molecule has 2 aromatic carbocycles. The highest BCUT2D eigenvalue weighted by Gasteiger charge is 2.39. The second kappa shape index (κ2) is 9.17. The van der Waals surface area contributed by atoms with Crippen LogP contribution >= 0.6 is 11.6 Å². The Morgan fingerprint density at radius 2 is 2.04 bits per heavy atom. The normalized spacial score (nSPS) is 19.5. The molecule has 1 aliphatic rings.